The number of nitrogens with one attached hydrogen (secondary N) is 1. The summed E-state index contributed by atoms with van der Waals surface area (Å²) >= 11 is 6.43. The zero-order valence-electron chi connectivity index (χ0n) is 18.8. The summed E-state index contributed by atoms with van der Waals surface area (Å²) in [6.07, 6.45) is 4.37. The molecule has 2 atom stereocenters. The highest BCUT2D eigenvalue weighted by Crippen LogP contribution is 2.31. The van der Waals surface area contributed by atoms with Gasteiger partial charge in [-0.15, -0.1) is 5.10 Å². The molecule has 0 bridgehead atoms. The second-order valence-corrected chi connectivity index (χ2v) is 9.28. The number of hydrogen-bond acceptors (Lipinski definition) is 5. The lowest BCUT2D eigenvalue weighted by molar-refractivity contribution is 0.335. The minimum Gasteiger partial charge on any atom is -0.368 e. The SMILES string of the molecule is Cn1nc2ccc(-n3nc(NC[C@@H]4CCC[C@@H](N)C4)cc3-c3ccc(C#N)c(F)c3)cc2c1Cl. The summed E-state index contributed by atoms with van der Waals surface area (Å²) in [6.45, 7) is 0.777. The summed E-state index contributed by atoms with van der Waals surface area (Å²) in [7, 11) is 1.79. The number of hydrogen-bond donors (Lipinski definition) is 2. The zero-order chi connectivity index (χ0) is 23.8. The molecule has 1 aliphatic rings. The lowest BCUT2D eigenvalue weighted by Gasteiger charge is -2.26. The molecule has 0 aliphatic heterocycles. The summed E-state index contributed by atoms with van der Waals surface area (Å²) in [4.78, 5) is 0. The van der Waals surface area contributed by atoms with Crippen LogP contribution in [0.2, 0.25) is 5.15 Å². The number of anilines is 1. The van der Waals surface area contributed by atoms with Crippen LogP contribution >= 0.6 is 11.6 Å². The Bertz CT molecular complexity index is 1400. The Labute approximate surface area is 201 Å². The first-order chi connectivity index (χ1) is 16.4. The second kappa shape index (κ2) is 9.09. The van der Waals surface area contributed by atoms with Crippen LogP contribution in [0.15, 0.2) is 42.5 Å². The van der Waals surface area contributed by atoms with E-state index in [0.717, 1.165) is 48.8 Å². The van der Waals surface area contributed by atoms with Gasteiger partial charge in [0, 0.05) is 36.7 Å². The van der Waals surface area contributed by atoms with E-state index < -0.39 is 5.82 Å². The van der Waals surface area contributed by atoms with Crippen molar-refractivity contribution >= 4 is 28.3 Å². The molecule has 3 N–H and O–H groups in total. The van der Waals surface area contributed by atoms with Gasteiger partial charge in [-0.05, 0) is 55.5 Å². The number of benzene rings is 2. The van der Waals surface area contributed by atoms with Crippen molar-refractivity contribution < 1.29 is 4.39 Å². The molecule has 0 amide bonds. The number of aryl methyl sites for hydroxylation is 1. The van der Waals surface area contributed by atoms with E-state index in [1.165, 1.54) is 12.1 Å². The van der Waals surface area contributed by atoms with Crippen molar-refractivity contribution in [3.63, 3.8) is 0 Å². The standard InChI is InChI=1S/C25H25ClFN7/c1-33-25(26)20-11-19(7-8-22(20)31-33)34-23(16-5-6-17(13-28)21(27)10-16)12-24(32-34)30-14-15-3-2-4-18(29)9-15/h5-8,10-12,15,18H,2-4,9,14,29H2,1H3,(H,30,32)/t15-,18-/m1/s1. The van der Waals surface area contributed by atoms with Gasteiger partial charge in [-0.25, -0.2) is 9.07 Å². The van der Waals surface area contributed by atoms with E-state index in [4.69, 9.17) is 27.7 Å². The summed E-state index contributed by atoms with van der Waals surface area (Å²) in [5.41, 5.74) is 9.02. The van der Waals surface area contributed by atoms with Gasteiger partial charge in [0.1, 0.15) is 22.9 Å². The Morgan fingerprint density at radius 1 is 1.21 bits per heavy atom. The third-order valence-corrected chi connectivity index (χ3v) is 6.93. The number of rotatable bonds is 5. The van der Waals surface area contributed by atoms with Gasteiger partial charge in [-0.3, -0.25) is 4.68 Å². The first-order valence-corrected chi connectivity index (χ1v) is 11.7. The summed E-state index contributed by atoms with van der Waals surface area (Å²) < 4.78 is 17.8. The van der Waals surface area contributed by atoms with E-state index in [0.29, 0.717) is 28.1 Å². The predicted octanol–water partition coefficient (Wildman–Crippen LogP) is 5.02. The summed E-state index contributed by atoms with van der Waals surface area (Å²) in [6, 6.07) is 14.3. The average molecular weight is 478 g/mol. The van der Waals surface area contributed by atoms with Crippen LogP contribution < -0.4 is 11.1 Å². The van der Waals surface area contributed by atoms with Crippen LogP contribution in [0, 0.1) is 23.1 Å². The molecule has 34 heavy (non-hydrogen) atoms. The monoisotopic (exact) mass is 477 g/mol. The van der Waals surface area contributed by atoms with Gasteiger partial charge in [-0.1, -0.05) is 24.1 Å². The highest BCUT2D eigenvalue weighted by atomic mass is 35.5. The van der Waals surface area contributed by atoms with E-state index in [1.54, 1.807) is 22.5 Å². The molecule has 9 heteroatoms. The van der Waals surface area contributed by atoms with Crippen LogP contribution in [-0.4, -0.2) is 32.1 Å². The van der Waals surface area contributed by atoms with Crippen molar-refractivity contribution in [3.8, 4) is 23.0 Å². The minimum absolute atomic E-state index is 0.00497. The Balaban J connectivity index is 1.54. The van der Waals surface area contributed by atoms with E-state index in [1.807, 2.05) is 30.3 Å². The molecule has 1 saturated carbocycles. The number of nitrogens with zero attached hydrogens (tertiary/aromatic N) is 5. The Kier molecular flexibility index (Phi) is 5.98. The van der Waals surface area contributed by atoms with Crippen LogP contribution in [-0.2, 0) is 7.05 Å². The Morgan fingerprint density at radius 2 is 2.06 bits per heavy atom. The van der Waals surface area contributed by atoms with Crippen molar-refractivity contribution in [3.05, 3.63) is 59.0 Å². The number of halogens is 2. The first kappa shape index (κ1) is 22.4. The van der Waals surface area contributed by atoms with Crippen LogP contribution in [0.5, 0.6) is 0 Å². The average Bonchev–Trinajstić information content (AvgIpc) is 3.38. The molecule has 2 aromatic carbocycles. The van der Waals surface area contributed by atoms with Gasteiger partial charge >= 0.3 is 0 Å². The largest absolute Gasteiger partial charge is 0.368 e. The molecule has 0 spiro atoms. The molecular formula is C25H25ClFN7. The number of nitrogens with two attached hydrogens (primary N) is 1. The van der Waals surface area contributed by atoms with Gasteiger partial charge in [0.05, 0.1) is 22.5 Å². The maximum absolute atomic E-state index is 14.5. The van der Waals surface area contributed by atoms with Gasteiger partial charge in [-0.2, -0.15) is 10.4 Å². The lowest BCUT2D eigenvalue weighted by atomic mass is 9.86. The maximum atomic E-state index is 14.5. The van der Waals surface area contributed by atoms with Gasteiger partial charge < -0.3 is 11.1 Å². The van der Waals surface area contributed by atoms with Gasteiger partial charge in [0.25, 0.3) is 0 Å². The molecule has 2 heterocycles. The quantitative estimate of drug-likeness (QED) is 0.420. The number of fused-ring (bicyclic) bond motifs is 1. The van der Waals surface area contributed by atoms with E-state index in [-0.39, 0.29) is 11.6 Å². The molecule has 1 aliphatic carbocycles. The third-order valence-electron chi connectivity index (χ3n) is 6.48. The fourth-order valence-corrected chi connectivity index (χ4v) is 4.88. The smallest absolute Gasteiger partial charge is 0.149 e. The van der Waals surface area contributed by atoms with Crippen LogP contribution in [0.25, 0.3) is 27.8 Å². The molecule has 1 fully saturated rings. The summed E-state index contributed by atoms with van der Waals surface area (Å²) in [5, 5.41) is 23.1. The highest BCUT2D eigenvalue weighted by Gasteiger charge is 2.20. The van der Waals surface area contributed by atoms with Crippen molar-refractivity contribution in [2.75, 3.05) is 11.9 Å². The van der Waals surface area contributed by atoms with Gasteiger partial charge in [0.15, 0.2) is 0 Å². The van der Waals surface area contributed by atoms with Crippen LogP contribution in [0.3, 0.4) is 0 Å². The molecule has 0 saturated heterocycles. The highest BCUT2D eigenvalue weighted by molar-refractivity contribution is 6.34. The van der Waals surface area contributed by atoms with Crippen molar-refractivity contribution in [1.29, 1.82) is 5.26 Å². The normalized spacial score (nSPS) is 18.2. The van der Waals surface area contributed by atoms with E-state index >= 15 is 0 Å². The lowest BCUT2D eigenvalue weighted by Crippen LogP contribution is -2.31. The molecule has 0 radical (unpaired) electrons. The second-order valence-electron chi connectivity index (χ2n) is 8.92. The molecule has 5 rings (SSSR count). The molecule has 0 unspecified atom stereocenters. The topological polar surface area (TPSA) is 97.5 Å². The molecular weight excluding hydrogens is 453 g/mol. The third kappa shape index (κ3) is 4.25. The fourth-order valence-electron chi connectivity index (χ4n) is 4.69. The molecule has 2 aromatic heterocycles. The summed E-state index contributed by atoms with van der Waals surface area (Å²) in [5.74, 6) is 0.621. The van der Waals surface area contributed by atoms with Crippen molar-refractivity contribution in [2.45, 2.75) is 31.7 Å². The minimum atomic E-state index is -0.566. The Morgan fingerprint density at radius 3 is 2.82 bits per heavy atom. The maximum Gasteiger partial charge on any atom is 0.149 e. The van der Waals surface area contributed by atoms with Crippen molar-refractivity contribution in [1.82, 2.24) is 19.6 Å². The molecule has 4 aromatic rings. The molecule has 174 valence electrons. The predicted molar refractivity (Wildman–Crippen MR) is 131 cm³/mol. The number of nitriles is 1. The zero-order valence-corrected chi connectivity index (χ0v) is 19.6. The van der Waals surface area contributed by atoms with E-state index in [2.05, 4.69) is 10.4 Å². The van der Waals surface area contributed by atoms with Crippen LogP contribution in [0.4, 0.5) is 10.2 Å². The van der Waals surface area contributed by atoms with Gasteiger partial charge in [0.2, 0.25) is 0 Å². The fraction of sp³-hybridized carbons (Fsp3) is 0.320. The van der Waals surface area contributed by atoms with E-state index in [9.17, 15) is 4.39 Å². The first-order valence-electron chi connectivity index (χ1n) is 11.3. The molecule has 7 nitrogen and oxygen atoms in total. The van der Waals surface area contributed by atoms with Crippen LogP contribution in [0.1, 0.15) is 31.2 Å². The van der Waals surface area contributed by atoms with Crippen molar-refractivity contribution in [2.24, 2.45) is 18.7 Å². The number of aromatic nitrogens is 4. The Hall–Kier alpha value is -3.41.